The third kappa shape index (κ3) is 3.02. The number of rotatable bonds is 2. The molecule has 2 heteroatoms. The summed E-state index contributed by atoms with van der Waals surface area (Å²) in [4.78, 5) is 11.4. The fourth-order valence-corrected chi connectivity index (χ4v) is 2.03. The minimum absolute atomic E-state index is 0.213. The lowest BCUT2D eigenvalue weighted by Gasteiger charge is -2.04. The van der Waals surface area contributed by atoms with Gasteiger partial charge in [-0.2, -0.15) is 0 Å². The van der Waals surface area contributed by atoms with Gasteiger partial charge >= 0.3 is 0 Å². The molecule has 0 unspecified atom stereocenters. The van der Waals surface area contributed by atoms with Crippen LogP contribution in [0.15, 0.2) is 35.9 Å². The molecule has 0 radical (unpaired) electrons. The summed E-state index contributed by atoms with van der Waals surface area (Å²) < 4.78 is 12.7. The van der Waals surface area contributed by atoms with E-state index in [4.69, 9.17) is 0 Å². The summed E-state index contributed by atoms with van der Waals surface area (Å²) in [5.74, 6) is 0.0179. The zero-order chi connectivity index (χ0) is 11.4. The van der Waals surface area contributed by atoms with Gasteiger partial charge in [0, 0.05) is 6.42 Å². The first-order chi connectivity index (χ1) is 7.74. The van der Waals surface area contributed by atoms with E-state index in [1.165, 1.54) is 17.7 Å². The second-order valence-corrected chi connectivity index (χ2v) is 4.28. The third-order valence-electron chi connectivity index (χ3n) is 2.88. The lowest BCUT2D eigenvalue weighted by atomic mass is 10.0. The van der Waals surface area contributed by atoms with Crippen molar-refractivity contribution in [2.75, 3.05) is 0 Å². The predicted molar refractivity (Wildman–Crippen MR) is 61.7 cm³/mol. The summed E-state index contributed by atoms with van der Waals surface area (Å²) in [6.45, 7) is 0. The van der Waals surface area contributed by atoms with E-state index in [2.05, 4.69) is 0 Å². The molecule has 0 aliphatic heterocycles. The molecule has 0 fully saturated rings. The van der Waals surface area contributed by atoms with E-state index in [0.29, 0.717) is 6.42 Å². The number of carbonyl (C=O) groups is 1. The highest BCUT2D eigenvalue weighted by molar-refractivity contribution is 5.90. The standard InChI is InChI=1S/C14H15FO/c15-13-7-5-11(6-8-13)9-12-3-1-2-4-14(16)10-12/h5-8,10H,1-4,9H2. The van der Waals surface area contributed by atoms with E-state index in [9.17, 15) is 9.18 Å². The maximum Gasteiger partial charge on any atom is 0.155 e. The smallest absolute Gasteiger partial charge is 0.155 e. The molecule has 0 saturated carbocycles. The number of halogens is 1. The molecular weight excluding hydrogens is 203 g/mol. The molecule has 0 spiro atoms. The van der Waals surface area contributed by atoms with Gasteiger partial charge in [-0.1, -0.05) is 17.7 Å². The second-order valence-electron chi connectivity index (χ2n) is 4.28. The van der Waals surface area contributed by atoms with Gasteiger partial charge in [0.25, 0.3) is 0 Å². The molecule has 0 bridgehead atoms. The normalized spacial score (nSPS) is 16.8. The van der Waals surface area contributed by atoms with Crippen molar-refractivity contribution in [2.45, 2.75) is 32.1 Å². The molecule has 1 nitrogen and oxygen atoms in total. The zero-order valence-corrected chi connectivity index (χ0v) is 9.21. The minimum atomic E-state index is -0.213. The van der Waals surface area contributed by atoms with Crippen LogP contribution in [0, 0.1) is 5.82 Å². The Morgan fingerprint density at radius 1 is 1.06 bits per heavy atom. The van der Waals surface area contributed by atoms with Gasteiger partial charge in [-0.25, -0.2) is 4.39 Å². The minimum Gasteiger partial charge on any atom is -0.295 e. The Balaban J connectivity index is 2.08. The first kappa shape index (κ1) is 11.1. The fourth-order valence-electron chi connectivity index (χ4n) is 2.03. The summed E-state index contributed by atoms with van der Waals surface area (Å²) in [6, 6.07) is 6.50. The second kappa shape index (κ2) is 5.06. The van der Waals surface area contributed by atoms with Crippen LogP contribution in [-0.2, 0) is 11.2 Å². The van der Waals surface area contributed by atoms with Crippen LogP contribution < -0.4 is 0 Å². The highest BCUT2D eigenvalue weighted by atomic mass is 19.1. The van der Waals surface area contributed by atoms with Crippen LogP contribution in [0.2, 0.25) is 0 Å². The van der Waals surface area contributed by atoms with Crippen molar-refractivity contribution >= 4 is 5.78 Å². The van der Waals surface area contributed by atoms with Gasteiger partial charge in [-0.15, -0.1) is 0 Å². The zero-order valence-electron chi connectivity index (χ0n) is 9.21. The summed E-state index contributed by atoms with van der Waals surface area (Å²) in [5.41, 5.74) is 2.25. The molecule has 1 aromatic rings. The molecule has 84 valence electrons. The lowest BCUT2D eigenvalue weighted by molar-refractivity contribution is -0.114. The van der Waals surface area contributed by atoms with Crippen molar-refractivity contribution in [1.29, 1.82) is 0 Å². The van der Waals surface area contributed by atoms with E-state index in [1.807, 2.05) is 0 Å². The number of allylic oxidation sites excluding steroid dienone is 2. The maximum absolute atomic E-state index is 12.7. The molecule has 16 heavy (non-hydrogen) atoms. The number of hydrogen-bond donors (Lipinski definition) is 0. The molecule has 0 amide bonds. The van der Waals surface area contributed by atoms with E-state index in [0.717, 1.165) is 31.2 Å². The van der Waals surface area contributed by atoms with Gasteiger partial charge in [-0.3, -0.25) is 4.79 Å². The van der Waals surface area contributed by atoms with E-state index in [-0.39, 0.29) is 11.6 Å². The molecule has 0 atom stereocenters. The van der Waals surface area contributed by atoms with Crippen LogP contribution >= 0.6 is 0 Å². The van der Waals surface area contributed by atoms with Gasteiger partial charge in [0.05, 0.1) is 0 Å². The fraction of sp³-hybridized carbons (Fsp3) is 0.357. The largest absolute Gasteiger partial charge is 0.295 e. The molecule has 0 heterocycles. The van der Waals surface area contributed by atoms with E-state index >= 15 is 0 Å². The van der Waals surface area contributed by atoms with Gasteiger partial charge in [0.15, 0.2) is 5.78 Å². The van der Waals surface area contributed by atoms with E-state index in [1.54, 1.807) is 18.2 Å². The average Bonchev–Trinajstić information content (AvgIpc) is 2.46. The molecular formula is C14H15FO. The first-order valence-electron chi connectivity index (χ1n) is 5.71. The van der Waals surface area contributed by atoms with Crippen molar-refractivity contribution in [1.82, 2.24) is 0 Å². The average molecular weight is 218 g/mol. The molecule has 2 rings (SSSR count). The van der Waals surface area contributed by atoms with Crippen LogP contribution in [0.3, 0.4) is 0 Å². The summed E-state index contributed by atoms with van der Waals surface area (Å²) in [5, 5.41) is 0. The molecule has 1 aliphatic rings. The SMILES string of the molecule is O=C1C=C(Cc2ccc(F)cc2)CCCC1. The maximum atomic E-state index is 12.7. The first-order valence-corrected chi connectivity index (χ1v) is 5.71. The molecule has 0 saturated heterocycles. The number of ketones is 1. The predicted octanol–water partition coefficient (Wildman–Crippen LogP) is 3.44. The van der Waals surface area contributed by atoms with Crippen molar-refractivity contribution in [3.63, 3.8) is 0 Å². The summed E-state index contributed by atoms with van der Waals surface area (Å²) in [7, 11) is 0. The van der Waals surface area contributed by atoms with Crippen LogP contribution in [0.5, 0.6) is 0 Å². The Labute approximate surface area is 95.0 Å². The Bertz CT molecular complexity index is 403. The molecule has 0 aromatic heterocycles. The number of carbonyl (C=O) groups excluding carboxylic acids is 1. The monoisotopic (exact) mass is 218 g/mol. The van der Waals surface area contributed by atoms with Crippen molar-refractivity contribution in [3.8, 4) is 0 Å². The summed E-state index contributed by atoms with van der Waals surface area (Å²) >= 11 is 0. The third-order valence-corrected chi connectivity index (χ3v) is 2.88. The Kier molecular flexibility index (Phi) is 3.50. The van der Waals surface area contributed by atoms with Crippen LogP contribution in [0.1, 0.15) is 31.2 Å². The van der Waals surface area contributed by atoms with Crippen LogP contribution in [0.25, 0.3) is 0 Å². The van der Waals surface area contributed by atoms with Gasteiger partial charge in [0.1, 0.15) is 5.82 Å². The highest BCUT2D eigenvalue weighted by Crippen LogP contribution is 2.19. The van der Waals surface area contributed by atoms with Crippen LogP contribution in [-0.4, -0.2) is 5.78 Å². The Morgan fingerprint density at radius 3 is 2.50 bits per heavy atom. The van der Waals surface area contributed by atoms with Crippen molar-refractivity contribution in [2.24, 2.45) is 0 Å². The highest BCUT2D eigenvalue weighted by Gasteiger charge is 2.08. The number of hydrogen-bond acceptors (Lipinski definition) is 1. The lowest BCUT2D eigenvalue weighted by Crippen LogP contribution is -1.94. The molecule has 1 aromatic carbocycles. The van der Waals surface area contributed by atoms with Crippen molar-refractivity contribution in [3.05, 3.63) is 47.3 Å². The van der Waals surface area contributed by atoms with Crippen LogP contribution in [0.4, 0.5) is 4.39 Å². The molecule has 0 N–H and O–H groups in total. The summed E-state index contributed by atoms with van der Waals surface area (Å²) in [6.07, 6.45) is 6.28. The van der Waals surface area contributed by atoms with Crippen molar-refractivity contribution < 1.29 is 9.18 Å². The van der Waals surface area contributed by atoms with E-state index < -0.39 is 0 Å². The Morgan fingerprint density at radius 2 is 1.75 bits per heavy atom. The topological polar surface area (TPSA) is 17.1 Å². The van der Waals surface area contributed by atoms with Gasteiger partial charge in [-0.05, 0) is 49.5 Å². The molecule has 1 aliphatic carbocycles. The van der Waals surface area contributed by atoms with Gasteiger partial charge < -0.3 is 0 Å². The quantitative estimate of drug-likeness (QED) is 0.743. The number of benzene rings is 1. The Hall–Kier alpha value is -1.44. The van der Waals surface area contributed by atoms with Gasteiger partial charge in [0.2, 0.25) is 0 Å².